The summed E-state index contributed by atoms with van der Waals surface area (Å²) in [7, 11) is 2.07. The maximum Gasteiger partial charge on any atom is 0.255 e. The van der Waals surface area contributed by atoms with Crippen molar-refractivity contribution < 1.29 is 19.0 Å². The number of aromatic amines is 1. The highest BCUT2D eigenvalue weighted by molar-refractivity contribution is 6.32. The van der Waals surface area contributed by atoms with E-state index in [1.54, 1.807) is 24.3 Å². The van der Waals surface area contributed by atoms with E-state index in [9.17, 15) is 14.3 Å². The Labute approximate surface area is 201 Å². The van der Waals surface area contributed by atoms with Crippen LogP contribution in [0.25, 0.3) is 11.3 Å². The molecule has 0 spiro atoms. The Bertz CT molecular complexity index is 1230. The number of nitrogens with zero attached hydrogens (tertiary/aromatic N) is 2. The van der Waals surface area contributed by atoms with Crippen molar-refractivity contribution >= 4 is 28.9 Å². The number of benzene rings is 1. The molecule has 2 aliphatic rings. The highest BCUT2D eigenvalue weighted by Gasteiger charge is 2.35. The van der Waals surface area contributed by atoms with Gasteiger partial charge < -0.3 is 25.5 Å². The van der Waals surface area contributed by atoms with E-state index < -0.39 is 5.82 Å². The van der Waals surface area contributed by atoms with Crippen molar-refractivity contribution in [2.75, 3.05) is 38.7 Å². The van der Waals surface area contributed by atoms with Gasteiger partial charge in [0.2, 0.25) is 0 Å². The first-order valence-electron chi connectivity index (χ1n) is 11.1. The third kappa shape index (κ3) is 4.11. The number of pyridine rings is 1. The molecule has 1 amide bonds. The fraction of sp³-hybridized carbons (Fsp3) is 0.333. The Balaban J connectivity index is 1.62. The van der Waals surface area contributed by atoms with Crippen LogP contribution in [0.5, 0.6) is 5.75 Å². The number of rotatable bonds is 5. The number of aromatic hydroxyl groups is 1. The number of likely N-dealkylation sites (N-methyl/N-ethyl adjacent to an activating group) is 1. The molecule has 0 bridgehead atoms. The number of carbonyl (C=O) groups excluding carboxylic acids is 1. The second kappa shape index (κ2) is 9.25. The second-order valence-corrected chi connectivity index (χ2v) is 9.04. The number of aromatic nitrogens is 2. The number of H-pyrrole nitrogens is 1. The average molecular weight is 486 g/mol. The summed E-state index contributed by atoms with van der Waals surface area (Å²) < 4.78 is 20.5. The van der Waals surface area contributed by atoms with Gasteiger partial charge in [0.1, 0.15) is 0 Å². The fourth-order valence-electron chi connectivity index (χ4n) is 4.64. The number of phenols is 1. The monoisotopic (exact) mass is 485 g/mol. The molecule has 8 nitrogen and oxygen atoms in total. The molecule has 2 aliphatic heterocycles. The fourth-order valence-corrected chi connectivity index (χ4v) is 4.81. The van der Waals surface area contributed by atoms with E-state index in [4.69, 9.17) is 16.3 Å². The molecule has 10 heteroatoms. The largest absolute Gasteiger partial charge is 0.504 e. The molecule has 2 aromatic heterocycles. The summed E-state index contributed by atoms with van der Waals surface area (Å²) in [5.41, 5.74) is 2.45. The maximum atomic E-state index is 14.8. The lowest BCUT2D eigenvalue weighted by atomic mass is 9.90. The topological polar surface area (TPSA) is 103 Å². The van der Waals surface area contributed by atoms with Gasteiger partial charge in [-0.25, -0.2) is 4.39 Å². The van der Waals surface area contributed by atoms with Crippen molar-refractivity contribution in [3.8, 4) is 17.0 Å². The molecule has 34 heavy (non-hydrogen) atoms. The molecular weight excluding hydrogens is 461 g/mol. The zero-order chi connectivity index (χ0) is 23.8. The number of morpholine rings is 1. The van der Waals surface area contributed by atoms with Crippen LogP contribution < -0.4 is 10.6 Å². The van der Waals surface area contributed by atoms with E-state index in [1.165, 1.54) is 6.20 Å². The molecule has 0 aliphatic carbocycles. The van der Waals surface area contributed by atoms with E-state index >= 15 is 0 Å². The number of carbonyl (C=O) groups is 1. The van der Waals surface area contributed by atoms with E-state index in [0.29, 0.717) is 42.4 Å². The second-order valence-electron chi connectivity index (χ2n) is 8.63. The van der Waals surface area contributed by atoms with Gasteiger partial charge in [-0.1, -0.05) is 17.7 Å². The van der Waals surface area contributed by atoms with E-state index in [1.807, 2.05) is 0 Å². The van der Waals surface area contributed by atoms with Crippen molar-refractivity contribution in [2.24, 2.45) is 0 Å². The van der Waals surface area contributed by atoms with Crippen molar-refractivity contribution in [1.82, 2.24) is 20.2 Å². The van der Waals surface area contributed by atoms with Crippen molar-refractivity contribution in [3.63, 3.8) is 0 Å². The van der Waals surface area contributed by atoms with Crippen molar-refractivity contribution in [1.29, 1.82) is 0 Å². The van der Waals surface area contributed by atoms with Gasteiger partial charge in [-0.3, -0.25) is 14.7 Å². The van der Waals surface area contributed by atoms with Crippen LogP contribution in [0.1, 0.15) is 28.4 Å². The van der Waals surface area contributed by atoms with Crippen molar-refractivity contribution in [3.05, 3.63) is 58.8 Å². The minimum Gasteiger partial charge on any atom is -0.504 e. The zero-order valence-electron chi connectivity index (χ0n) is 18.6. The van der Waals surface area contributed by atoms with Crippen LogP contribution in [-0.4, -0.2) is 65.3 Å². The first-order chi connectivity index (χ1) is 16.4. The molecule has 3 aromatic rings. The first-order valence-corrected chi connectivity index (χ1v) is 11.5. The highest BCUT2D eigenvalue weighted by Crippen LogP contribution is 2.43. The number of amides is 1. The summed E-state index contributed by atoms with van der Waals surface area (Å²) >= 11 is 6.09. The summed E-state index contributed by atoms with van der Waals surface area (Å²) in [6, 6.07) is 6.62. The molecule has 1 fully saturated rings. The van der Waals surface area contributed by atoms with Crippen LogP contribution in [0.4, 0.5) is 15.8 Å². The standard InChI is InChI=1S/C24H25ClFN5O3/c1-31-7-8-34-12-14(31)9-13-10-28-24(33)19-20(13)30-21(15-5-6-27-11-17(15)26)22(19)29-18-4-2-3-16(25)23(18)32/h2-6,11,13-14,29-30,32H,7-10,12H2,1H3,(H,28,33)/t13-,14-/m0/s1. The number of fused-ring (bicyclic) bond motifs is 1. The molecule has 4 N–H and O–H groups in total. The zero-order valence-corrected chi connectivity index (χ0v) is 19.3. The Morgan fingerprint density at radius 1 is 1.38 bits per heavy atom. The Morgan fingerprint density at radius 2 is 2.24 bits per heavy atom. The van der Waals surface area contributed by atoms with Crippen molar-refractivity contribution in [2.45, 2.75) is 18.4 Å². The Morgan fingerprint density at radius 3 is 3.03 bits per heavy atom. The van der Waals surface area contributed by atoms with Crippen LogP contribution in [-0.2, 0) is 4.74 Å². The average Bonchev–Trinajstić information content (AvgIpc) is 3.20. The normalized spacial score (nSPS) is 20.6. The molecule has 5 rings (SSSR count). The van der Waals surface area contributed by atoms with Gasteiger partial charge in [-0.05, 0) is 31.7 Å². The molecule has 0 unspecified atom stereocenters. The lowest BCUT2D eigenvalue weighted by Crippen LogP contribution is -2.45. The number of halogens is 2. The van der Waals surface area contributed by atoms with E-state index in [0.717, 1.165) is 24.9 Å². The molecule has 2 atom stereocenters. The predicted octanol–water partition coefficient (Wildman–Crippen LogP) is 3.87. The number of ether oxygens (including phenoxy) is 1. The van der Waals surface area contributed by atoms with Gasteiger partial charge in [0.05, 0.1) is 47.1 Å². The molecule has 0 saturated carbocycles. The number of phenolic OH excluding ortho intramolecular Hbond substituents is 1. The third-order valence-corrected chi connectivity index (χ3v) is 6.85. The van der Waals surface area contributed by atoms with Gasteiger partial charge >= 0.3 is 0 Å². The summed E-state index contributed by atoms with van der Waals surface area (Å²) in [4.78, 5) is 22.5. The first kappa shape index (κ1) is 22.6. The van der Waals surface area contributed by atoms with Gasteiger partial charge in [0.15, 0.2) is 11.6 Å². The summed E-state index contributed by atoms with van der Waals surface area (Å²) in [5, 5.41) is 16.7. The summed E-state index contributed by atoms with van der Waals surface area (Å²) in [5.74, 6) is -1.000. The SMILES string of the molecule is CN1CCOC[C@@H]1C[C@H]1CNC(=O)c2c1[nH]c(-c1ccncc1F)c2Nc1cccc(Cl)c1O. The lowest BCUT2D eigenvalue weighted by molar-refractivity contribution is 0.000176. The molecule has 178 valence electrons. The number of hydrogen-bond donors (Lipinski definition) is 4. The number of para-hydroxylation sites is 1. The van der Waals surface area contributed by atoms with Crippen LogP contribution >= 0.6 is 11.6 Å². The Kier molecular flexibility index (Phi) is 6.16. The highest BCUT2D eigenvalue weighted by atomic mass is 35.5. The molecule has 1 aromatic carbocycles. The molecule has 1 saturated heterocycles. The van der Waals surface area contributed by atoms with Gasteiger partial charge in [-0.2, -0.15) is 0 Å². The minimum absolute atomic E-state index is 0.0333. The van der Waals surface area contributed by atoms with Gasteiger partial charge in [-0.15, -0.1) is 0 Å². The molecule has 4 heterocycles. The molecular formula is C24H25ClFN5O3. The summed E-state index contributed by atoms with van der Waals surface area (Å²) in [6.45, 7) is 2.61. The number of anilines is 2. The predicted molar refractivity (Wildman–Crippen MR) is 127 cm³/mol. The van der Waals surface area contributed by atoms with E-state index in [-0.39, 0.29) is 34.2 Å². The third-order valence-electron chi connectivity index (χ3n) is 6.54. The number of nitrogens with one attached hydrogen (secondary N) is 3. The van der Waals surface area contributed by atoms with Gasteiger partial charge in [0.25, 0.3) is 5.91 Å². The molecule has 0 radical (unpaired) electrons. The van der Waals surface area contributed by atoms with Crippen LogP contribution in [0.2, 0.25) is 5.02 Å². The summed E-state index contributed by atoms with van der Waals surface area (Å²) in [6.07, 6.45) is 3.37. The Hall–Kier alpha value is -3.14. The van der Waals surface area contributed by atoms with Crippen LogP contribution in [0.15, 0.2) is 36.7 Å². The van der Waals surface area contributed by atoms with Crippen LogP contribution in [0.3, 0.4) is 0 Å². The smallest absolute Gasteiger partial charge is 0.255 e. The van der Waals surface area contributed by atoms with E-state index in [2.05, 4.69) is 32.5 Å². The lowest BCUT2D eigenvalue weighted by Gasteiger charge is -2.35. The quantitative estimate of drug-likeness (QED) is 0.409. The minimum atomic E-state index is -0.531. The maximum absolute atomic E-state index is 14.8. The van der Waals surface area contributed by atoms with Gasteiger partial charge in [0, 0.05) is 42.5 Å². The van der Waals surface area contributed by atoms with Crippen LogP contribution in [0, 0.1) is 5.82 Å². The number of hydrogen-bond acceptors (Lipinski definition) is 6.